The first kappa shape index (κ1) is 13.8. The fraction of sp³-hybridized carbons (Fsp3) is 0.923. The van der Waals surface area contributed by atoms with Crippen LogP contribution in [0.3, 0.4) is 0 Å². The second-order valence-corrected chi connectivity index (χ2v) is 5.15. The molecule has 0 amide bonds. The van der Waals surface area contributed by atoms with E-state index in [0.717, 1.165) is 52.2 Å². The zero-order chi connectivity index (χ0) is 12.8. The molecule has 2 aliphatic rings. The topological polar surface area (TPSA) is 50.8 Å². The largest absolute Gasteiger partial charge is 0.464 e. The number of esters is 1. The van der Waals surface area contributed by atoms with E-state index in [-0.39, 0.29) is 12.0 Å². The lowest BCUT2D eigenvalue weighted by atomic mass is 10.0. The van der Waals surface area contributed by atoms with Gasteiger partial charge in [0.15, 0.2) is 0 Å². The normalized spacial score (nSPS) is 24.7. The van der Waals surface area contributed by atoms with Crippen LogP contribution in [0.25, 0.3) is 0 Å². The molecule has 0 aliphatic carbocycles. The van der Waals surface area contributed by atoms with Crippen LogP contribution < -0.4 is 5.32 Å². The van der Waals surface area contributed by atoms with Gasteiger partial charge in [-0.1, -0.05) is 0 Å². The zero-order valence-electron chi connectivity index (χ0n) is 11.2. The maximum absolute atomic E-state index is 12.0. The molecule has 0 aromatic rings. The van der Waals surface area contributed by atoms with Crippen LogP contribution in [-0.4, -0.2) is 62.9 Å². The summed E-state index contributed by atoms with van der Waals surface area (Å²) in [5.41, 5.74) is 0. The molecule has 2 fully saturated rings. The third-order valence-corrected chi connectivity index (χ3v) is 3.84. The van der Waals surface area contributed by atoms with Crippen molar-refractivity contribution in [2.45, 2.75) is 25.8 Å². The summed E-state index contributed by atoms with van der Waals surface area (Å²) in [6.45, 7) is 7.86. The third-order valence-electron chi connectivity index (χ3n) is 3.84. The lowest BCUT2D eigenvalue weighted by Gasteiger charge is -2.31. The van der Waals surface area contributed by atoms with E-state index in [2.05, 4.69) is 10.2 Å². The Morgan fingerprint density at radius 1 is 1.39 bits per heavy atom. The molecule has 5 heteroatoms. The molecule has 104 valence electrons. The summed E-state index contributed by atoms with van der Waals surface area (Å²) >= 11 is 0. The van der Waals surface area contributed by atoms with Crippen molar-refractivity contribution in [2.24, 2.45) is 5.92 Å². The molecule has 2 saturated heterocycles. The number of carbonyl (C=O) groups excluding carboxylic acids is 1. The molecule has 1 N–H and O–H groups in total. The van der Waals surface area contributed by atoms with Crippen molar-refractivity contribution >= 4 is 5.97 Å². The number of rotatable bonds is 4. The molecule has 1 atom stereocenters. The Morgan fingerprint density at radius 2 is 2.06 bits per heavy atom. The maximum Gasteiger partial charge on any atom is 0.323 e. The van der Waals surface area contributed by atoms with E-state index in [0.29, 0.717) is 12.5 Å². The molecule has 2 heterocycles. The van der Waals surface area contributed by atoms with E-state index in [1.54, 1.807) is 0 Å². The minimum Gasteiger partial charge on any atom is -0.464 e. The van der Waals surface area contributed by atoms with Gasteiger partial charge in [-0.15, -0.1) is 0 Å². The molecule has 1 unspecified atom stereocenters. The summed E-state index contributed by atoms with van der Waals surface area (Å²) in [5.74, 6) is 0.404. The van der Waals surface area contributed by atoms with Gasteiger partial charge in [-0.25, -0.2) is 0 Å². The van der Waals surface area contributed by atoms with E-state index >= 15 is 0 Å². The summed E-state index contributed by atoms with van der Waals surface area (Å²) in [7, 11) is 0. The van der Waals surface area contributed by atoms with Gasteiger partial charge in [0.2, 0.25) is 0 Å². The third kappa shape index (κ3) is 3.93. The van der Waals surface area contributed by atoms with Crippen molar-refractivity contribution in [1.29, 1.82) is 0 Å². The zero-order valence-corrected chi connectivity index (χ0v) is 11.2. The highest BCUT2D eigenvalue weighted by molar-refractivity contribution is 5.75. The maximum atomic E-state index is 12.0. The van der Waals surface area contributed by atoms with Crippen LogP contribution in [0, 0.1) is 5.92 Å². The second kappa shape index (κ2) is 7.07. The van der Waals surface area contributed by atoms with Gasteiger partial charge >= 0.3 is 5.97 Å². The van der Waals surface area contributed by atoms with E-state index in [4.69, 9.17) is 9.47 Å². The molecule has 2 aliphatic heterocycles. The summed E-state index contributed by atoms with van der Waals surface area (Å²) in [5, 5.41) is 3.28. The first-order chi connectivity index (χ1) is 8.77. The minimum absolute atomic E-state index is 0.0802. The number of ether oxygens (including phenoxy) is 2. The standard InChI is InChI=1S/C13H24N2O3/c1-11(15-6-4-14-5-7-15)13(16)18-10-12-2-8-17-9-3-12/h11-12,14H,2-10H2,1H3. The van der Waals surface area contributed by atoms with E-state index in [1.807, 2.05) is 6.92 Å². The lowest BCUT2D eigenvalue weighted by molar-refractivity contribution is -0.152. The lowest BCUT2D eigenvalue weighted by Crippen LogP contribution is -2.50. The monoisotopic (exact) mass is 256 g/mol. The van der Waals surface area contributed by atoms with E-state index in [1.165, 1.54) is 0 Å². The number of nitrogens with one attached hydrogen (secondary N) is 1. The predicted molar refractivity (Wildman–Crippen MR) is 68.4 cm³/mol. The SMILES string of the molecule is CC(C(=O)OCC1CCOCC1)N1CCNCC1. The summed E-state index contributed by atoms with van der Waals surface area (Å²) < 4.78 is 10.7. The minimum atomic E-state index is -0.119. The van der Waals surface area contributed by atoms with Crippen molar-refractivity contribution < 1.29 is 14.3 Å². The summed E-state index contributed by atoms with van der Waals surface area (Å²) in [4.78, 5) is 14.2. The fourth-order valence-electron chi connectivity index (χ4n) is 2.45. The number of piperazine rings is 1. The van der Waals surface area contributed by atoms with E-state index in [9.17, 15) is 4.79 Å². The molecule has 0 aromatic carbocycles. The molecular formula is C13H24N2O3. The van der Waals surface area contributed by atoms with Crippen molar-refractivity contribution in [3.8, 4) is 0 Å². The molecule has 5 nitrogen and oxygen atoms in total. The highest BCUT2D eigenvalue weighted by Crippen LogP contribution is 2.15. The molecule has 0 spiro atoms. The van der Waals surface area contributed by atoms with Crippen LogP contribution in [0.15, 0.2) is 0 Å². The quantitative estimate of drug-likeness (QED) is 0.731. The average Bonchev–Trinajstić information content (AvgIpc) is 2.46. The molecule has 0 saturated carbocycles. The predicted octanol–water partition coefficient (Wildman–Crippen LogP) is 0.250. The molecule has 0 radical (unpaired) electrons. The van der Waals surface area contributed by atoms with Gasteiger partial charge in [0.1, 0.15) is 6.04 Å². The van der Waals surface area contributed by atoms with Crippen LogP contribution in [0.2, 0.25) is 0 Å². The molecule has 2 rings (SSSR count). The van der Waals surface area contributed by atoms with Crippen LogP contribution in [0.1, 0.15) is 19.8 Å². The first-order valence-electron chi connectivity index (χ1n) is 6.96. The van der Waals surface area contributed by atoms with Crippen LogP contribution >= 0.6 is 0 Å². The Bertz CT molecular complexity index is 261. The fourth-order valence-corrected chi connectivity index (χ4v) is 2.45. The second-order valence-electron chi connectivity index (χ2n) is 5.15. The highest BCUT2D eigenvalue weighted by Gasteiger charge is 2.25. The van der Waals surface area contributed by atoms with Crippen LogP contribution in [0.4, 0.5) is 0 Å². The molecule has 0 bridgehead atoms. The average molecular weight is 256 g/mol. The first-order valence-corrected chi connectivity index (χ1v) is 6.96. The molecule has 18 heavy (non-hydrogen) atoms. The summed E-state index contributed by atoms with van der Waals surface area (Å²) in [6.07, 6.45) is 2.02. The van der Waals surface area contributed by atoms with Crippen molar-refractivity contribution in [3.05, 3.63) is 0 Å². The highest BCUT2D eigenvalue weighted by atomic mass is 16.5. The Balaban J connectivity index is 1.69. The molecular weight excluding hydrogens is 232 g/mol. The van der Waals surface area contributed by atoms with Gasteiger partial charge in [-0.05, 0) is 25.7 Å². The van der Waals surface area contributed by atoms with Gasteiger partial charge < -0.3 is 14.8 Å². The van der Waals surface area contributed by atoms with Gasteiger partial charge in [-0.3, -0.25) is 9.69 Å². The van der Waals surface area contributed by atoms with Gasteiger partial charge in [0, 0.05) is 39.4 Å². The van der Waals surface area contributed by atoms with Crippen molar-refractivity contribution in [1.82, 2.24) is 10.2 Å². The Labute approximate surface area is 109 Å². The van der Waals surface area contributed by atoms with E-state index < -0.39 is 0 Å². The van der Waals surface area contributed by atoms with Gasteiger partial charge in [0.05, 0.1) is 6.61 Å². The number of nitrogens with zero attached hydrogens (tertiary/aromatic N) is 1. The van der Waals surface area contributed by atoms with Crippen molar-refractivity contribution in [3.63, 3.8) is 0 Å². The van der Waals surface area contributed by atoms with Gasteiger partial charge in [0.25, 0.3) is 0 Å². The number of hydrogen-bond donors (Lipinski definition) is 1. The molecule has 0 aromatic heterocycles. The number of carbonyl (C=O) groups is 1. The Kier molecular flexibility index (Phi) is 5.41. The van der Waals surface area contributed by atoms with Crippen LogP contribution in [0.5, 0.6) is 0 Å². The van der Waals surface area contributed by atoms with Crippen LogP contribution in [-0.2, 0) is 14.3 Å². The number of hydrogen-bond acceptors (Lipinski definition) is 5. The van der Waals surface area contributed by atoms with Gasteiger partial charge in [-0.2, -0.15) is 0 Å². The Morgan fingerprint density at radius 3 is 2.72 bits per heavy atom. The summed E-state index contributed by atoms with van der Waals surface area (Å²) in [6, 6.07) is -0.119. The van der Waals surface area contributed by atoms with Crippen molar-refractivity contribution in [2.75, 3.05) is 46.0 Å². The smallest absolute Gasteiger partial charge is 0.323 e. The Hall–Kier alpha value is -0.650.